The Kier molecular flexibility index (Phi) is 7.06. The van der Waals surface area contributed by atoms with Crippen LogP contribution in [0, 0.1) is 6.92 Å². The summed E-state index contributed by atoms with van der Waals surface area (Å²) >= 11 is 0. The molecular weight excluding hydrogens is 236 g/mol. The number of rotatable bonds is 8. The first kappa shape index (κ1) is 16.2. The van der Waals surface area contributed by atoms with Crippen LogP contribution in [0.25, 0.3) is 0 Å². The van der Waals surface area contributed by atoms with Crippen molar-refractivity contribution in [2.75, 3.05) is 27.2 Å². The SMILES string of the molecule is CCC(NCCCN(C)C)C(O)c1ccc(C)cc1. The van der Waals surface area contributed by atoms with E-state index in [9.17, 15) is 5.11 Å². The highest BCUT2D eigenvalue weighted by Gasteiger charge is 2.18. The van der Waals surface area contributed by atoms with Gasteiger partial charge in [0, 0.05) is 6.04 Å². The van der Waals surface area contributed by atoms with Gasteiger partial charge in [-0.2, -0.15) is 0 Å². The first-order valence-electron chi connectivity index (χ1n) is 7.17. The molecule has 2 N–H and O–H groups in total. The van der Waals surface area contributed by atoms with E-state index in [4.69, 9.17) is 0 Å². The van der Waals surface area contributed by atoms with Crippen LogP contribution in [0.2, 0.25) is 0 Å². The van der Waals surface area contributed by atoms with Crippen LogP contribution in [0.4, 0.5) is 0 Å². The predicted molar refractivity (Wildman–Crippen MR) is 81.4 cm³/mol. The summed E-state index contributed by atoms with van der Waals surface area (Å²) in [6, 6.07) is 8.27. The van der Waals surface area contributed by atoms with E-state index >= 15 is 0 Å². The summed E-state index contributed by atoms with van der Waals surface area (Å²) in [5.74, 6) is 0. The second-order valence-electron chi connectivity index (χ2n) is 5.48. The first-order valence-corrected chi connectivity index (χ1v) is 7.17. The van der Waals surface area contributed by atoms with Crippen LogP contribution in [-0.2, 0) is 0 Å². The second kappa shape index (κ2) is 8.31. The lowest BCUT2D eigenvalue weighted by atomic mass is 9.99. The number of aliphatic hydroxyl groups excluding tert-OH is 1. The summed E-state index contributed by atoms with van der Waals surface area (Å²) in [5, 5.41) is 13.9. The van der Waals surface area contributed by atoms with Gasteiger partial charge in [0.25, 0.3) is 0 Å². The fraction of sp³-hybridized carbons (Fsp3) is 0.625. The maximum atomic E-state index is 10.4. The highest BCUT2D eigenvalue weighted by Crippen LogP contribution is 2.19. The molecule has 2 atom stereocenters. The molecule has 0 aliphatic carbocycles. The normalized spacial score (nSPS) is 14.6. The number of benzene rings is 1. The highest BCUT2D eigenvalue weighted by atomic mass is 16.3. The van der Waals surface area contributed by atoms with Crippen molar-refractivity contribution in [2.24, 2.45) is 0 Å². The van der Waals surface area contributed by atoms with Gasteiger partial charge < -0.3 is 15.3 Å². The minimum absolute atomic E-state index is 0.130. The zero-order valence-corrected chi connectivity index (χ0v) is 12.7. The zero-order valence-electron chi connectivity index (χ0n) is 12.7. The van der Waals surface area contributed by atoms with Gasteiger partial charge in [0.1, 0.15) is 0 Å². The molecule has 2 unspecified atom stereocenters. The lowest BCUT2D eigenvalue weighted by Crippen LogP contribution is -2.36. The van der Waals surface area contributed by atoms with Gasteiger partial charge in [-0.1, -0.05) is 36.8 Å². The van der Waals surface area contributed by atoms with Crippen molar-refractivity contribution in [3.63, 3.8) is 0 Å². The largest absolute Gasteiger partial charge is 0.387 e. The summed E-state index contributed by atoms with van der Waals surface area (Å²) < 4.78 is 0. The molecule has 19 heavy (non-hydrogen) atoms. The molecule has 1 aromatic rings. The zero-order chi connectivity index (χ0) is 14.3. The molecule has 3 heteroatoms. The topological polar surface area (TPSA) is 35.5 Å². The fourth-order valence-electron chi connectivity index (χ4n) is 2.16. The van der Waals surface area contributed by atoms with Crippen molar-refractivity contribution in [3.8, 4) is 0 Å². The Bertz CT molecular complexity index is 348. The van der Waals surface area contributed by atoms with Crippen molar-refractivity contribution in [2.45, 2.75) is 38.8 Å². The minimum atomic E-state index is -0.426. The fourth-order valence-corrected chi connectivity index (χ4v) is 2.16. The van der Waals surface area contributed by atoms with E-state index < -0.39 is 6.10 Å². The summed E-state index contributed by atoms with van der Waals surface area (Å²) in [6.07, 6.45) is 1.60. The van der Waals surface area contributed by atoms with Crippen molar-refractivity contribution >= 4 is 0 Å². The van der Waals surface area contributed by atoms with E-state index in [1.54, 1.807) is 0 Å². The number of nitrogens with zero attached hydrogens (tertiary/aromatic N) is 1. The molecule has 108 valence electrons. The van der Waals surface area contributed by atoms with Gasteiger partial charge in [-0.25, -0.2) is 0 Å². The van der Waals surface area contributed by atoms with Crippen molar-refractivity contribution in [1.29, 1.82) is 0 Å². The molecule has 0 heterocycles. The van der Waals surface area contributed by atoms with Crippen molar-refractivity contribution in [3.05, 3.63) is 35.4 Å². The van der Waals surface area contributed by atoms with Crippen LogP contribution in [0.1, 0.15) is 37.0 Å². The van der Waals surface area contributed by atoms with Gasteiger partial charge in [-0.05, 0) is 52.5 Å². The van der Waals surface area contributed by atoms with Gasteiger partial charge >= 0.3 is 0 Å². The van der Waals surface area contributed by atoms with Crippen LogP contribution in [0.5, 0.6) is 0 Å². The Morgan fingerprint density at radius 1 is 1.21 bits per heavy atom. The Morgan fingerprint density at radius 2 is 1.84 bits per heavy atom. The average Bonchev–Trinajstić information content (AvgIpc) is 2.39. The van der Waals surface area contributed by atoms with E-state index in [0.29, 0.717) is 0 Å². The maximum absolute atomic E-state index is 10.4. The molecule has 0 aromatic heterocycles. The Balaban J connectivity index is 2.47. The smallest absolute Gasteiger partial charge is 0.0942 e. The molecular formula is C16H28N2O. The van der Waals surface area contributed by atoms with Gasteiger partial charge in [0.2, 0.25) is 0 Å². The van der Waals surface area contributed by atoms with E-state index in [1.165, 1.54) is 5.56 Å². The highest BCUT2D eigenvalue weighted by molar-refractivity contribution is 5.24. The van der Waals surface area contributed by atoms with Crippen LogP contribution in [-0.4, -0.2) is 43.2 Å². The summed E-state index contributed by atoms with van der Waals surface area (Å²) in [4.78, 5) is 2.18. The molecule has 1 rings (SSSR count). The Morgan fingerprint density at radius 3 is 2.37 bits per heavy atom. The van der Waals surface area contributed by atoms with Gasteiger partial charge in [0.15, 0.2) is 0 Å². The van der Waals surface area contributed by atoms with Crippen LogP contribution in [0.3, 0.4) is 0 Å². The third-order valence-corrected chi connectivity index (χ3v) is 3.43. The van der Waals surface area contributed by atoms with E-state index in [2.05, 4.69) is 50.3 Å². The summed E-state index contributed by atoms with van der Waals surface area (Å²) in [6.45, 7) is 6.19. The third kappa shape index (κ3) is 5.72. The molecule has 3 nitrogen and oxygen atoms in total. The molecule has 1 aromatic carbocycles. The molecule has 0 bridgehead atoms. The lowest BCUT2D eigenvalue weighted by Gasteiger charge is -2.24. The Labute approximate surface area is 117 Å². The standard InChI is InChI=1S/C16H28N2O/c1-5-15(17-11-6-12-18(3)4)16(19)14-9-7-13(2)8-10-14/h7-10,15-17,19H,5-6,11-12H2,1-4H3. The monoisotopic (exact) mass is 264 g/mol. The lowest BCUT2D eigenvalue weighted by molar-refractivity contribution is 0.125. The Hall–Kier alpha value is -0.900. The number of aliphatic hydroxyl groups is 1. The van der Waals surface area contributed by atoms with Crippen LogP contribution >= 0.6 is 0 Å². The molecule has 0 aliphatic heterocycles. The maximum Gasteiger partial charge on any atom is 0.0942 e. The predicted octanol–water partition coefficient (Wildman–Crippen LogP) is 2.35. The molecule has 0 radical (unpaired) electrons. The second-order valence-corrected chi connectivity index (χ2v) is 5.48. The van der Waals surface area contributed by atoms with Crippen LogP contribution in [0.15, 0.2) is 24.3 Å². The number of hydrogen-bond acceptors (Lipinski definition) is 3. The number of nitrogens with one attached hydrogen (secondary N) is 1. The van der Waals surface area contributed by atoms with Gasteiger partial charge in [0.05, 0.1) is 6.10 Å². The number of aryl methyl sites for hydroxylation is 1. The van der Waals surface area contributed by atoms with E-state index in [0.717, 1.165) is 31.5 Å². The third-order valence-electron chi connectivity index (χ3n) is 3.43. The summed E-state index contributed by atoms with van der Waals surface area (Å²) in [5.41, 5.74) is 2.22. The molecule has 0 saturated carbocycles. The molecule has 0 amide bonds. The van der Waals surface area contributed by atoms with Crippen molar-refractivity contribution in [1.82, 2.24) is 10.2 Å². The minimum Gasteiger partial charge on any atom is -0.387 e. The first-order chi connectivity index (χ1) is 9.04. The molecule has 0 spiro atoms. The van der Waals surface area contributed by atoms with Crippen LogP contribution < -0.4 is 5.32 Å². The molecule has 0 fully saturated rings. The van der Waals surface area contributed by atoms with E-state index in [-0.39, 0.29) is 6.04 Å². The quantitative estimate of drug-likeness (QED) is 0.708. The number of hydrogen-bond donors (Lipinski definition) is 2. The van der Waals surface area contributed by atoms with Gasteiger partial charge in [-0.15, -0.1) is 0 Å². The average molecular weight is 264 g/mol. The summed E-state index contributed by atoms with van der Waals surface area (Å²) in [7, 11) is 4.16. The van der Waals surface area contributed by atoms with Crippen molar-refractivity contribution < 1.29 is 5.11 Å². The molecule has 0 aliphatic rings. The van der Waals surface area contributed by atoms with E-state index in [1.807, 2.05) is 12.1 Å². The van der Waals surface area contributed by atoms with Gasteiger partial charge in [-0.3, -0.25) is 0 Å². The molecule has 0 saturated heterocycles.